The van der Waals surface area contributed by atoms with Crippen LogP contribution in [0.4, 0.5) is 0 Å². The Kier molecular flexibility index (Phi) is 2.62. The lowest BCUT2D eigenvalue weighted by atomic mass is 9.70. The monoisotopic (exact) mass is 247 g/mol. The van der Waals surface area contributed by atoms with E-state index in [1.807, 2.05) is 0 Å². The molecule has 3 fully saturated rings. The number of nitrogens with zero attached hydrogens (tertiary/aromatic N) is 1. The van der Waals surface area contributed by atoms with Crippen molar-refractivity contribution in [3.8, 4) is 0 Å². The maximum atomic E-state index is 12.7. The van der Waals surface area contributed by atoms with E-state index in [0.717, 1.165) is 25.1 Å². The van der Waals surface area contributed by atoms with E-state index in [4.69, 9.17) is 0 Å². The number of carbonyl (C=O) groups is 1. The summed E-state index contributed by atoms with van der Waals surface area (Å²) < 4.78 is 0. The second kappa shape index (κ2) is 3.85. The highest BCUT2D eigenvalue weighted by atomic mass is 16.1. The van der Waals surface area contributed by atoms with Crippen LogP contribution in [0.1, 0.15) is 52.9 Å². The summed E-state index contributed by atoms with van der Waals surface area (Å²) in [7, 11) is 0. The van der Waals surface area contributed by atoms with E-state index in [0.29, 0.717) is 11.7 Å². The Morgan fingerprint density at radius 3 is 2.39 bits per heavy atom. The zero-order chi connectivity index (χ0) is 13.0. The van der Waals surface area contributed by atoms with Crippen LogP contribution in [-0.2, 0) is 4.79 Å². The van der Waals surface area contributed by atoms with Crippen LogP contribution in [0, 0.1) is 16.7 Å². The fourth-order valence-electron chi connectivity index (χ4n) is 4.32. The number of fused-ring (bicyclic) bond motifs is 2. The Hall–Kier alpha value is -0.790. The molecular formula is C16H25NO. The van der Waals surface area contributed by atoms with Crippen LogP contribution in [0.3, 0.4) is 0 Å². The molecule has 2 nitrogen and oxygen atoms in total. The van der Waals surface area contributed by atoms with Crippen molar-refractivity contribution in [2.45, 2.75) is 52.9 Å². The Bertz CT molecular complexity index is 403. The van der Waals surface area contributed by atoms with Gasteiger partial charge in [-0.1, -0.05) is 20.8 Å². The van der Waals surface area contributed by atoms with Crippen molar-refractivity contribution in [3.63, 3.8) is 0 Å². The molecule has 0 N–H and O–H groups in total. The number of Topliss-reactive ketones (excluding diaryl/α,β-unsaturated/α-hetero) is 1. The molecule has 0 aromatic rings. The van der Waals surface area contributed by atoms with Gasteiger partial charge in [0.2, 0.25) is 0 Å². The van der Waals surface area contributed by atoms with Gasteiger partial charge in [0.05, 0.1) is 0 Å². The highest BCUT2D eigenvalue weighted by molar-refractivity contribution is 6.04. The first-order valence-electron chi connectivity index (χ1n) is 7.47. The lowest BCUT2D eigenvalue weighted by molar-refractivity contribution is -0.125. The van der Waals surface area contributed by atoms with Crippen molar-refractivity contribution >= 4 is 5.78 Å². The van der Waals surface area contributed by atoms with Crippen molar-refractivity contribution in [2.75, 3.05) is 13.1 Å². The number of allylic oxidation sites excluding steroid dienone is 1. The van der Waals surface area contributed by atoms with E-state index in [2.05, 4.69) is 31.9 Å². The molecule has 0 radical (unpaired) electrons. The summed E-state index contributed by atoms with van der Waals surface area (Å²) in [5.41, 5.74) is 1.20. The van der Waals surface area contributed by atoms with Crippen LogP contribution < -0.4 is 0 Å². The number of piperidine rings is 1. The predicted molar refractivity (Wildman–Crippen MR) is 73.1 cm³/mol. The van der Waals surface area contributed by atoms with Gasteiger partial charge in [-0.05, 0) is 43.4 Å². The van der Waals surface area contributed by atoms with Gasteiger partial charge in [-0.3, -0.25) is 4.79 Å². The molecule has 18 heavy (non-hydrogen) atoms. The van der Waals surface area contributed by atoms with Crippen molar-refractivity contribution in [3.05, 3.63) is 11.8 Å². The molecule has 0 spiro atoms. The summed E-state index contributed by atoms with van der Waals surface area (Å²) in [6.07, 6.45) is 8.42. The molecule has 2 heteroatoms. The molecule has 100 valence electrons. The summed E-state index contributed by atoms with van der Waals surface area (Å²) in [5, 5.41) is 0. The second-order valence-electron chi connectivity index (χ2n) is 7.16. The van der Waals surface area contributed by atoms with E-state index in [-0.39, 0.29) is 10.8 Å². The minimum Gasteiger partial charge on any atom is -0.377 e. The molecule has 3 aliphatic rings. The fraction of sp³-hybridized carbons (Fsp3) is 0.812. The highest BCUT2D eigenvalue weighted by Crippen LogP contribution is 2.65. The quantitative estimate of drug-likeness (QED) is 0.662. The van der Waals surface area contributed by atoms with Crippen LogP contribution in [-0.4, -0.2) is 23.8 Å². The van der Waals surface area contributed by atoms with Crippen molar-refractivity contribution in [1.82, 2.24) is 4.90 Å². The zero-order valence-electron chi connectivity index (χ0n) is 12.0. The molecule has 0 amide bonds. The maximum Gasteiger partial charge on any atom is 0.167 e. The topological polar surface area (TPSA) is 20.3 Å². The number of rotatable bonds is 1. The average molecular weight is 247 g/mol. The first-order chi connectivity index (χ1) is 8.47. The van der Waals surface area contributed by atoms with Crippen molar-refractivity contribution in [1.29, 1.82) is 0 Å². The number of hydrogen-bond donors (Lipinski definition) is 0. The highest BCUT2D eigenvalue weighted by Gasteiger charge is 2.64. The summed E-state index contributed by atoms with van der Waals surface area (Å²) >= 11 is 0. The standard InChI is InChI=1S/C16H25NO/c1-15(2)13-7-8-16(15,3)14(18)12(13)11-17-9-5-4-6-10-17/h11,13H,4-10H2,1-3H3/b12-11-/t13-,16+/m1/s1. The average Bonchev–Trinajstić information content (AvgIpc) is 2.65. The third kappa shape index (κ3) is 1.44. The minimum atomic E-state index is -0.0979. The first-order valence-corrected chi connectivity index (χ1v) is 7.47. The van der Waals surface area contributed by atoms with Gasteiger partial charge in [-0.25, -0.2) is 0 Å². The zero-order valence-corrected chi connectivity index (χ0v) is 12.0. The van der Waals surface area contributed by atoms with Gasteiger partial charge < -0.3 is 4.90 Å². The number of carbonyl (C=O) groups excluding carboxylic acids is 1. The Morgan fingerprint density at radius 2 is 1.83 bits per heavy atom. The largest absolute Gasteiger partial charge is 0.377 e. The van der Waals surface area contributed by atoms with E-state index in [9.17, 15) is 4.79 Å². The molecule has 1 saturated heterocycles. The number of hydrogen-bond acceptors (Lipinski definition) is 2. The van der Waals surface area contributed by atoms with Crippen LogP contribution >= 0.6 is 0 Å². The van der Waals surface area contributed by atoms with Crippen molar-refractivity contribution < 1.29 is 4.79 Å². The van der Waals surface area contributed by atoms with E-state index in [1.165, 1.54) is 25.7 Å². The van der Waals surface area contributed by atoms with Crippen LogP contribution in [0.15, 0.2) is 11.8 Å². The molecule has 3 rings (SSSR count). The van der Waals surface area contributed by atoms with Gasteiger partial charge in [-0.15, -0.1) is 0 Å². The third-order valence-corrected chi connectivity index (χ3v) is 6.08. The molecule has 1 heterocycles. The Morgan fingerprint density at radius 1 is 1.17 bits per heavy atom. The van der Waals surface area contributed by atoms with Gasteiger partial charge in [0.15, 0.2) is 5.78 Å². The molecular weight excluding hydrogens is 222 g/mol. The summed E-state index contributed by atoms with van der Waals surface area (Å²) in [6, 6.07) is 0. The normalized spacial score (nSPS) is 40.8. The second-order valence-corrected chi connectivity index (χ2v) is 7.16. The number of ketones is 1. The number of likely N-dealkylation sites (tertiary alicyclic amines) is 1. The Balaban J connectivity index is 1.90. The maximum absolute atomic E-state index is 12.7. The molecule has 2 atom stereocenters. The first kappa shape index (κ1) is 12.3. The molecule has 0 aromatic carbocycles. The molecule has 2 saturated carbocycles. The molecule has 2 aliphatic carbocycles. The lowest BCUT2D eigenvalue weighted by Crippen LogP contribution is -2.32. The summed E-state index contributed by atoms with van der Waals surface area (Å²) in [4.78, 5) is 15.1. The van der Waals surface area contributed by atoms with Crippen LogP contribution in [0.5, 0.6) is 0 Å². The van der Waals surface area contributed by atoms with Crippen LogP contribution in [0.2, 0.25) is 0 Å². The Labute approximate surface area is 110 Å². The lowest BCUT2D eigenvalue weighted by Gasteiger charge is -2.31. The van der Waals surface area contributed by atoms with E-state index < -0.39 is 0 Å². The minimum absolute atomic E-state index is 0.0979. The van der Waals surface area contributed by atoms with Crippen LogP contribution in [0.25, 0.3) is 0 Å². The van der Waals surface area contributed by atoms with E-state index in [1.54, 1.807) is 0 Å². The van der Waals surface area contributed by atoms with Gasteiger partial charge in [-0.2, -0.15) is 0 Å². The van der Waals surface area contributed by atoms with Gasteiger partial charge in [0.25, 0.3) is 0 Å². The van der Waals surface area contributed by atoms with Gasteiger partial charge in [0.1, 0.15) is 0 Å². The molecule has 2 bridgehead atoms. The van der Waals surface area contributed by atoms with Crippen molar-refractivity contribution in [2.24, 2.45) is 16.7 Å². The third-order valence-electron chi connectivity index (χ3n) is 6.08. The summed E-state index contributed by atoms with van der Waals surface area (Å²) in [5.74, 6) is 0.936. The molecule has 0 unspecified atom stereocenters. The SMILES string of the molecule is CC1(C)[C@@H]2CC[C@@]1(C)C(=O)/C2=C\N1CCCCC1. The van der Waals surface area contributed by atoms with Gasteiger partial charge in [0, 0.05) is 30.3 Å². The van der Waals surface area contributed by atoms with E-state index >= 15 is 0 Å². The predicted octanol–water partition coefficient (Wildman–Crippen LogP) is 3.38. The smallest absolute Gasteiger partial charge is 0.167 e. The molecule has 1 aliphatic heterocycles. The summed E-state index contributed by atoms with van der Waals surface area (Å²) in [6.45, 7) is 9.05. The molecule has 0 aromatic heterocycles. The van der Waals surface area contributed by atoms with Gasteiger partial charge >= 0.3 is 0 Å². The fourth-order valence-corrected chi connectivity index (χ4v) is 4.32.